The van der Waals surface area contributed by atoms with E-state index in [1.165, 1.54) is 32.4 Å². The molecule has 0 fully saturated rings. The molecular formula is C15H18FNO5S. The molecule has 0 aliphatic rings. The van der Waals surface area contributed by atoms with E-state index in [-0.39, 0.29) is 23.6 Å². The first-order valence-electron chi connectivity index (χ1n) is 6.81. The predicted octanol–water partition coefficient (Wildman–Crippen LogP) is 1.70. The molecule has 23 heavy (non-hydrogen) atoms. The van der Waals surface area contributed by atoms with Crippen LogP contribution in [0.1, 0.15) is 12.7 Å². The summed E-state index contributed by atoms with van der Waals surface area (Å²) in [7, 11) is -2.67. The molecule has 126 valence electrons. The Balaban J connectivity index is 2.07. The maximum atomic E-state index is 13.6. The highest BCUT2D eigenvalue weighted by molar-refractivity contribution is 7.89. The zero-order chi connectivity index (χ0) is 17.1. The van der Waals surface area contributed by atoms with Crippen LogP contribution in [0, 0.1) is 5.82 Å². The van der Waals surface area contributed by atoms with Crippen molar-refractivity contribution in [2.75, 3.05) is 13.7 Å². The Morgan fingerprint density at radius 3 is 2.70 bits per heavy atom. The molecule has 0 amide bonds. The average Bonchev–Trinajstić information content (AvgIpc) is 2.97. The van der Waals surface area contributed by atoms with Gasteiger partial charge in [-0.2, -0.15) is 0 Å². The quantitative estimate of drug-likeness (QED) is 0.799. The number of ether oxygens (including phenoxy) is 1. The molecule has 6 nitrogen and oxygen atoms in total. The molecule has 2 N–H and O–H groups in total. The number of aliphatic hydroxyl groups is 1. The number of rotatable bonds is 7. The summed E-state index contributed by atoms with van der Waals surface area (Å²) in [5, 5.41) is 10.3. The van der Waals surface area contributed by atoms with Gasteiger partial charge in [0.05, 0.1) is 23.9 Å². The van der Waals surface area contributed by atoms with Crippen molar-refractivity contribution >= 4 is 10.0 Å². The summed E-state index contributed by atoms with van der Waals surface area (Å²) in [5.41, 5.74) is -1.35. The number of benzene rings is 1. The van der Waals surface area contributed by atoms with Crippen LogP contribution in [0.3, 0.4) is 0 Å². The smallest absolute Gasteiger partial charge is 0.240 e. The molecule has 1 aromatic heterocycles. The maximum absolute atomic E-state index is 13.6. The first-order valence-corrected chi connectivity index (χ1v) is 8.30. The standard InChI is InChI=1S/C15H18FNO5S/c1-15(18,9-11-4-3-7-22-11)10-17-23(19,20)12-5-6-14(21-2)13(16)8-12/h3-8,17-18H,9-10H2,1-2H3. The van der Waals surface area contributed by atoms with Gasteiger partial charge < -0.3 is 14.3 Å². The Bertz CT molecular complexity index is 756. The molecule has 0 spiro atoms. The van der Waals surface area contributed by atoms with E-state index >= 15 is 0 Å². The van der Waals surface area contributed by atoms with Gasteiger partial charge >= 0.3 is 0 Å². The first kappa shape index (κ1) is 17.5. The molecule has 2 rings (SSSR count). The van der Waals surface area contributed by atoms with Gasteiger partial charge in [-0.15, -0.1) is 0 Å². The lowest BCUT2D eigenvalue weighted by Gasteiger charge is -2.22. The largest absolute Gasteiger partial charge is 0.494 e. The van der Waals surface area contributed by atoms with E-state index < -0.39 is 21.4 Å². The molecule has 1 heterocycles. The van der Waals surface area contributed by atoms with Crippen LogP contribution < -0.4 is 9.46 Å². The van der Waals surface area contributed by atoms with Gasteiger partial charge in [0.1, 0.15) is 5.76 Å². The molecular weight excluding hydrogens is 325 g/mol. The van der Waals surface area contributed by atoms with Crippen molar-refractivity contribution in [1.29, 1.82) is 0 Å². The van der Waals surface area contributed by atoms with Gasteiger partial charge in [-0.25, -0.2) is 17.5 Å². The molecule has 0 aliphatic carbocycles. The fraction of sp³-hybridized carbons (Fsp3) is 0.333. The van der Waals surface area contributed by atoms with E-state index in [1.54, 1.807) is 12.1 Å². The van der Waals surface area contributed by atoms with Crippen LogP contribution in [-0.4, -0.2) is 32.8 Å². The monoisotopic (exact) mass is 343 g/mol. The summed E-state index contributed by atoms with van der Waals surface area (Å²) in [6.45, 7) is 1.23. The second-order valence-electron chi connectivity index (χ2n) is 5.37. The number of hydrogen-bond acceptors (Lipinski definition) is 5. The lowest BCUT2D eigenvalue weighted by Crippen LogP contribution is -2.42. The SMILES string of the molecule is COc1ccc(S(=O)(=O)NCC(C)(O)Cc2ccco2)cc1F. The Labute approximate surface area is 133 Å². The van der Waals surface area contributed by atoms with Crippen molar-refractivity contribution in [3.05, 3.63) is 48.2 Å². The Morgan fingerprint density at radius 1 is 1.39 bits per heavy atom. The van der Waals surface area contributed by atoms with Gasteiger partial charge in [0.25, 0.3) is 0 Å². The highest BCUT2D eigenvalue weighted by Crippen LogP contribution is 2.21. The Kier molecular flexibility index (Phi) is 5.08. The molecule has 2 aromatic rings. The second kappa shape index (κ2) is 6.69. The van der Waals surface area contributed by atoms with Crippen LogP contribution in [0.2, 0.25) is 0 Å². The van der Waals surface area contributed by atoms with E-state index in [0.717, 1.165) is 6.07 Å². The van der Waals surface area contributed by atoms with E-state index in [0.29, 0.717) is 5.76 Å². The molecule has 0 aliphatic heterocycles. The molecule has 1 aromatic carbocycles. The molecule has 1 unspecified atom stereocenters. The fourth-order valence-corrected chi connectivity index (χ4v) is 3.17. The molecule has 1 atom stereocenters. The van der Waals surface area contributed by atoms with Crippen molar-refractivity contribution < 1.29 is 27.1 Å². The van der Waals surface area contributed by atoms with Crippen molar-refractivity contribution in [3.8, 4) is 5.75 Å². The normalized spacial score (nSPS) is 14.4. The van der Waals surface area contributed by atoms with Gasteiger partial charge in [-0.1, -0.05) is 0 Å². The minimum Gasteiger partial charge on any atom is -0.494 e. The zero-order valence-corrected chi connectivity index (χ0v) is 13.6. The van der Waals surface area contributed by atoms with Crippen molar-refractivity contribution in [2.24, 2.45) is 0 Å². The fourth-order valence-electron chi connectivity index (χ4n) is 2.00. The number of methoxy groups -OCH3 is 1. The maximum Gasteiger partial charge on any atom is 0.240 e. The summed E-state index contributed by atoms with van der Waals surface area (Å²) < 4.78 is 50.1. The lowest BCUT2D eigenvalue weighted by atomic mass is 10.0. The summed E-state index contributed by atoms with van der Waals surface area (Å²) in [6.07, 6.45) is 1.61. The van der Waals surface area contributed by atoms with E-state index in [1.807, 2.05) is 0 Å². The van der Waals surface area contributed by atoms with E-state index in [4.69, 9.17) is 9.15 Å². The van der Waals surface area contributed by atoms with Gasteiger partial charge in [0.2, 0.25) is 10.0 Å². The minimum atomic E-state index is -3.96. The van der Waals surface area contributed by atoms with Gasteiger partial charge in [-0.05, 0) is 37.3 Å². The van der Waals surface area contributed by atoms with Crippen LogP contribution in [0.4, 0.5) is 4.39 Å². The molecule has 0 bridgehead atoms. The van der Waals surface area contributed by atoms with Crippen molar-refractivity contribution in [3.63, 3.8) is 0 Å². The summed E-state index contributed by atoms with van der Waals surface area (Å²) >= 11 is 0. The third-order valence-corrected chi connectivity index (χ3v) is 4.61. The Morgan fingerprint density at radius 2 is 2.13 bits per heavy atom. The average molecular weight is 343 g/mol. The number of halogens is 1. The lowest BCUT2D eigenvalue weighted by molar-refractivity contribution is 0.0603. The van der Waals surface area contributed by atoms with Gasteiger partial charge in [0, 0.05) is 13.0 Å². The molecule has 0 saturated carbocycles. The third-order valence-electron chi connectivity index (χ3n) is 3.21. The summed E-state index contributed by atoms with van der Waals surface area (Å²) in [5.74, 6) is -0.295. The highest BCUT2D eigenvalue weighted by Gasteiger charge is 2.26. The van der Waals surface area contributed by atoms with E-state index in [2.05, 4.69) is 4.72 Å². The van der Waals surface area contributed by atoms with Crippen LogP contribution in [-0.2, 0) is 16.4 Å². The van der Waals surface area contributed by atoms with Crippen LogP contribution >= 0.6 is 0 Å². The van der Waals surface area contributed by atoms with Gasteiger partial charge in [-0.3, -0.25) is 0 Å². The summed E-state index contributed by atoms with van der Waals surface area (Å²) in [4.78, 5) is -0.246. The molecule has 0 saturated heterocycles. The van der Waals surface area contributed by atoms with Crippen molar-refractivity contribution in [2.45, 2.75) is 23.8 Å². The Hall–Kier alpha value is -1.90. The van der Waals surface area contributed by atoms with Gasteiger partial charge in [0.15, 0.2) is 11.6 Å². The van der Waals surface area contributed by atoms with Crippen LogP contribution in [0.5, 0.6) is 5.75 Å². The number of hydrogen-bond donors (Lipinski definition) is 2. The summed E-state index contributed by atoms with van der Waals surface area (Å²) in [6, 6.07) is 6.68. The number of furan rings is 1. The minimum absolute atomic E-state index is 0.0474. The first-order chi connectivity index (χ1) is 10.7. The van der Waals surface area contributed by atoms with Crippen LogP contribution in [0.25, 0.3) is 0 Å². The highest BCUT2D eigenvalue weighted by atomic mass is 32.2. The number of nitrogens with one attached hydrogen (secondary N) is 1. The van der Waals surface area contributed by atoms with E-state index in [9.17, 15) is 17.9 Å². The second-order valence-corrected chi connectivity index (χ2v) is 7.14. The zero-order valence-electron chi connectivity index (χ0n) is 12.7. The third kappa shape index (κ3) is 4.54. The van der Waals surface area contributed by atoms with Crippen LogP contribution in [0.15, 0.2) is 45.9 Å². The topological polar surface area (TPSA) is 88.8 Å². The molecule has 8 heteroatoms. The van der Waals surface area contributed by atoms with Crippen molar-refractivity contribution in [1.82, 2.24) is 4.72 Å². The predicted molar refractivity (Wildman–Crippen MR) is 81.2 cm³/mol. The number of sulfonamides is 1. The molecule has 0 radical (unpaired) electrons.